The Hall–Kier alpha value is -3.06. The van der Waals surface area contributed by atoms with Crippen molar-refractivity contribution in [3.63, 3.8) is 0 Å². The van der Waals surface area contributed by atoms with Crippen molar-refractivity contribution in [2.24, 2.45) is 0 Å². The molecule has 1 saturated heterocycles. The summed E-state index contributed by atoms with van der Waals surface area (Å²) in [6.45, 7) is 0.643. The molecule has 7 nitrogen and oxygen atoms in total. The van der Waals surface area contributed by atoms with Gasteiger partial charge in [0, 0.05) is 24.0 Å². The Kier molecular flexibility index (Phi) is 4.93. The van der Waals surface area contributed by atoms with Crippen molar-refractivity contribution in [1.82, 2.24) is 24.8 Å². The molecular formula is C19H16ClN5O2. The normalized spacial score (nSPS) is 16.3. The maximum absolute atomic E-state index is 12.8. The van der Waals surface area contributed by atoms with Crippen LogP contribution in [0, 0.1) is 0 Å². The lowest BCUT2D eigenvalue weighted by Crippen LogP contribution is -2.31. The van der Waals surface area contributed by atoms with Crippen LogP contribution in [0.15, 0.2) is 55.2 Å². The zero-order valence-corrected chi connectivity index (χ0v) is 15.1. The summed E-state index contributed by atoms with van der Waals surface area (Å²) in [5, 5.41) is 0.631. The van der Waals surface area contributed by atoms with E-state index in [1.165, 1.54) is 12.4 Å². The first-order valence-electron chi connectivity index (χ1n) is 8.53. The van der Waals surface area contributed by atoms with Crippen LogP contribution >= 0.6 is 11.6 Å². The predicted molar refractivity (Wildman–Crippen MR) is 98.6 cm³/mol. The van der Waals surface area contributed by atoms with Crippen molar-refractivity contribution < 1.29 is 9.53 Å². The molecule has 1 fully saturated rings. The first kappa shape index (κ1) is 17.4. The first-order chi connectivity index (χ1) is 13.2. The molecule has 1 atom stereocenters. The van der Waals surface area contributed by atoms with E-state index < -0.39 is 0 Å². The lowest BCUT2D eigenvalue weighted by molar-refractivity contribution is 0.0725. The Morgan fingerprint density at radius 3 is 2.74 bits per heavy atom. The van der Waals surface area contributed by atoms with Crippen LogP contribution in [0.25, 0.3) is 0 Å². The van der Waals surface area contributed by atoms with Crippen LogP contribution in [0.1, 0.15) is 35.1 Å². The Labute approximate surface area is 161 Å². The van der Waals surface area contributed by atoms with Gasteiger partial charge >= 0.3 is 0 Å². The van der Waals surface area contributed by atoms with Crippen molar-refractivity contribution in [1.29, 1.82) is 0 Å². The molecule has 136 valence electrons. The molecule has 1 aromatic carbocycles. The number of hydrogen-bond donors (Lipinski definition) is 0. The van der Waals surface area contributed by atoms with Crippen LogP contribution in [0.3, 0.4) is 0 Å². The molecule has 1 amide bonds. The standard InChI is InChI=1S/C19H16ClN5O2/c20-13-3-5-14(6-4-13)27-18-12-22-10-15(24-18)17-2-1-9-25(17)19(26)16-11-21-7-8-23-16/h3-8,10-12,17H,1-2,9H2/t17-/m1/s1. The topological polar surface area (TPSA) is 81.1 Å². The summed E-state index contributed by atoms with van der Waals surface area (Å²) >= 11 is 5.89. The summed E-state index contributed by atoms with van der Waals surface area (Å²) in [5.74, 6) is 0.829. The number of likely N-dealkylation sites (tertiary alicyclic amines) is 1. The number of halogens is 1. The van der Waals surface area contributed by atoms with Crippen molar-refractivity contribution in [2.45, 2.75) is 18.9 Å². The zero-order valence-electron chi connectivity index (χ0n) is 14.3. The Balaban J connectivity index is 1.55. The molecular weight excluding hydrogens is 366 g/mol. The van der Waals surface area contributed by atoms with Gasteiger partial charge in [0.2, 0.25) is 5.88 Å². The molecule has 0 radical (unpaired) electrons. The number of nitrogens with zero attached hydrogens (tertiary/aromatic N) is 5. The predicted octanol–water partition coefficient (Wildman–Crippen LogP) is 3.69. The lowest BCUT2D eigenvalue weighted by Gasteiger charge is -2.23. The number of ether oxygens (including phenoxy) is 1. The Morgan fingerprint density at radius 2 is 1.96 bits per heavy atom. The highest BCUT2D eigenvalue weighted by Crippen LogP contribution is 2.32. The third kappa shape index (κ3) is 3.88. The molecule has 3 heterocycles. The second kappa shape index (κ2) is 7.67. The Bertz CT molecular complexity index is 936. The monoisotopic (exact) mass is 381 g/mol. The molecule has 2 aromatic heterocycles. The lowest BCUT2D eigenvalue weighted by atomic mass is 10.1. The number of aromatic nitrogens is 4. The minimum absolute atomic E-state index is 0.156. The van der Waals surface area contributed by atoms with Gasteiger partial charge in [-0.15, -0.1) is 0 Å². The van der Waals surface area contributed by atoms with E-state index in [-0.39, 0.29) is 11.9 Å². The molecule has 1 aliphatic heterocycles. The third-order valence-corrected chi connectivity index (χ3v) is 4.56. The fourth-order valence-corrected chi connectivity index (χ4v) is 3.20. The van der Waals surface area contributed by atoms with E-state index in [0.29, 0.717) is 34.6 Å². The smallest absolute Gasteiger partial charge is 0.274 e. The summed E-state index contributed by atoms with van der Waals surface area (Å²) in [4.78, 5) is 31.4. The second-order valence-corrected chi connectivity index (χ2v) is 6.52. The fraction of sp³-hybridized carbons (Fsp3) is 0.211. The molecule has 0 aliphatic carbocycles. The molecule has 0 saturated carbocycles. The zero-order chi connectivity index (χ0) is 18.6. The third-order valence-electron chi connectivity index (χ3n) is 4.30. The van der Waals surface area contributed by atoms with Crippen molar-refractivity contribution >= 4 is 17.5 Å². The molecule has 0 spiro atoms. The van der Waals surface area contributed by atoms with Crippen LogP contribution in [0.4, 0.5) is 0 Å². The van der Waals surface area contributed by atoms with Crippen molar-refractivity contribution in [3.8, 4) is 11.6 Å². The summed E-state index contributed by atoms with van der Waals surface area (Å²) in [6, 6.07) is 6.84. The van der Waals surface area contributed by atoms with Crippen LogP contribution in [0.5, 0.6) is 11.6 Å². The van der Waals surface area contributed by atoms with E-state index in [4.69, 9.17) is 16.3 Å². The van der Waals surface area contributed by atoms with Gasteiger partial charge < -0.3 is 9.64 Å². The van der Waals surface area contributed by atoms with Gasteiger partial charge in [0.25, 0.3) is 5.91 Å². The molecule has 1 aliphatic rings. The number of rotatable bonds is 4. The summed E-state index contributed by atoms with van der Waals surface area (Å²) in [7, 11) is 0. The van der Waals surface area contributed by atoms with E-state index in [2.05, 4.69) is 19.9 Å². The maximum Gasteiger partial charge on any atom is 0.274 e. The van der Waals surface area contributed by atoms with Crippen LogP contribution in [-0.4, -0.2) is 37.3 Å². The second-order valence-electron chi connectivity index (χ2n) is 6.09. The van der Waals surface area contributed by atoms with Gasteiger partial charge in [-0.05, 0) is 37.1 Å². The number of benzene rings is 1. The first-order valence-corrected chi connectivity index (χ1v) is 8.91. The van der Waals surface area contributed by atoms with E-state index >= 15 is 0 Å². The Morgan fingerprint density at radius 1 is 1.11 bits per heavy atom. The van der Waals surface area contributed by atoms with E-state index in [0.717, 1.165) is 12.8 Å². The van der Waals surface area contributed by atoms with Gasteiger partial charge in [-0.25, -0.2) is 9.97 Å². The van der Waals surface area contributed by atoms with Gasteiger partial charge in [0.1, 0.15) is 11.4 Å². The number of carbonyl (C=O) groups excluding carboxylic acids is 1. The molecule has 0 bridgehead atoms. The molecule has 3 aromatic rings. The summed E-state index contributed by atoms with van der Waals surface area (Å²) in [6.07, 6.45) is 9.44. The maximum atomic E-state index is 12.8. The van der Waals surface area contributed by atoms with Gasteiger partial charge in [-0.3, -0.25) is 14.8 Å². The SMILES string of the molecule is O=C(c1cnccn1)N1CCC[C@@H]1c1cncc(Oc2ccc(Cl)cc2)n1. The van der Waals surface area contributed by atoms with E-state index in [1.807, 2.05) is 0 Å². The minimum Gasteiger partial charge on any atom is -0.437 e. The number of amides is 1. The number of carbonyl (C=O) groups is 1. The van der Waals surface area contributed by atoms with Crippen LogP contribution < -0.4 is 4.74 Å². The van der Waals surface area contributed by atoms with E-state index in [9.17, 15) is 4.79 Å². The van der Waals surface area contributed by atoms with Gasteiger partial charge in [-0.2, -0.15) is 0 Å². The summed E-state index contributed by atoms with van der Waals surface area (Å²) in [5.41, 5.74) is 1.02. The highest BCUT2D eigenvalue weighted by Gasteiger charge is 2.32. The van der Waals surface area contributed by atoms with Crippen LogP contribution in [-0.2, 0) is 0 Å². The van der Waals surface area contributed by atoms with Gasteiger partial charge in [0.05, 0.1) is 30.3 Å². The highest BCUT2D eigenvalue weighted by atomic mass is 35.5. The highest BCUT2D eigenvalue weighted by molar-refractivity contribution is 6.30. The molecule has 0 unspecified atom stereocenters. The fourth-order valence-electron chi connectivity index (χ4n) is 3.07. The molecule has 0 N–H and O–H groups in total. The molecule has 8 heteroatoms. The molecule has 4 rings (SSSR count). The largest absolute Gasteiger partial charge is 0.437 e. The van der Waals surface area contributed by atoms with Crippen LogP contribution in [0.2, 0.25) is 5.02 Å². The minimum atomic E-state index is -0.166. The van der Waals surface area contributed by atoms with Crippen molar-refractivity contribution in [2.75, 3.05) is 6.54 Å². The van der Waals surface area contributed by atoms with Gasteiger partial charge in [-0.1, -0.05) is 11.6 Å². The summed E-state index contributed by atoms with van der Waals surface area (Å²) < 4.78 is 5.76. The average molecular weight is 382 g/mol. The number of hydrogen-bond acceptors (Lipinski definition) is 6. The van der Waals surface area contributed by atoms with Gasteiger partial charge in [0.15, 0.2) is 0 Å². The quantitative estimate of drug-likeness (QED) is 0.685. The molecule has 27 heavy (non-hydrogen) atoms. The van der Waals surface area contributed by atoms with E-state index in [1.54, 1.807) is 47.8 Å². The average Bonchev–Trinajstić information content (AvgIpc) is 3.20. The van der Waals surface area contributed by atoms with Crippen molar-refractivity contribution in [3.05, 3.63) is 71.7 Å².